The van der Waals surface area contributed by atoms with Crippen LogP contribution in [0.1, 0.15) is 44.0 Å². The molecule has 1 amide bonds. The van der Waals surface area contributed by atoms with E-state index in [0.29, 0.717) is 23.0 Å². The van der Waals surface area contributed by atoms with Crippen molar-refractivity contribution in [2.45, 2.75) is 39.7 Å². The number of hydrogen-bond donors (Lipinski definition) is 2. The molecule has 0 heterocycles. The average Bonchev–Trinajstić information content (AvgIpc) is 2.45. The summed E-state index contributed by atoms with van der Waals surface area (Å²) < 4.78 is 6.42. The van der Waals surface area contributed by atoms with E-state index in [4.69, 9.17) is 17.0 Å². The number of carbonyl (C=O) groups excluding carboxylic acids is 1. The Hall–Kier alpha value is -1.14. The average molecular weight is 373 g/mol. The quantitative estimate of drug-likeness (QED) is 0.748. The second-order valence-corrected chi connectivity index (χ2v) is 6.05. The van der Waals surface area contributed by atoms with E-state index in [0.717, 1.165) is 17.3 Å². The van der Waals surface area contributed by atoms with Gasteiger partial charge in [0.2, 0.25) is 0 Å². The van der Waals surface area contributed by atoms with Crippen LogP contribution in [-0.4, -0.2) is 23.7 Å². The van der Waals surface area contributed by atoms with Crippen molar-refractivity contribution in [1.29, 1.82) is 0 Å². The molecule has 0 aromatic heterocycles. The van der Waals surface area contributed by atoms with Crippen LogP contribution in [0.25, 0.3) is 0 Å². The third-order valence-electron chi connectivity index (χ3n) is 2.86. The molecular weight excluding hydrogens is 352 g/mol. The van der Waals surface area contributed by atoms with Crippen LogP contribution in [0.2, 0.25) is 0 Å². The van der Waals surface area contributed by atoms with E-state index in [2.05, 4.69) is 26.6 Å². The number of carbonyl (C=O) groups is 1. The molecule has 1 aromatic rings. The molecule has 1 unspecified atom stereocenters. The second-order valence-electron chi connectivity index (χ2n) is 4.73. The van der Waals surface area contributed by atoms with Crippen molar-refractivity contribution in [3.63, 3.8) is 0 Å². The number of rotatable bonds is 6. The van der Waals surface area contributed by atoms with Gasteiger partial charge >= 0.3 is 0 Å². The highest BCUT2D eigenvalue weighted by molar-refractivity contribution is 9.10. The number of amides is 1. The van der Waals surface area contributed by atoms with Gasteiger partial charge in [0.25, 0.3) is 5.91 Å². The van der Waals surface area contributed by atoms with Crippen LogP contribution in [0.5, 0.6) is 5.75 Å². The van der Waals surface area contributed by atoms with Gasteiger partial charge in [-0.25, -0.2) is 0 Å². The van der Waals surface area contributed by atoms with Crippen LogP contribution < -0.4 is 15.4 Å². The van der Waals surface area contributed by atoms with E-state index >= 15 is 0 Å². The first-order chi connectivity index (χ1) is 9.97. The molecule has 1 atom stereocenters. The molecule has 0 aliphatic carbocycles. The van der Waals surface area contributed by atoms with Gasteiger partial charge in [0.15, 0.2) is 5.11 Å². The number of halogens is 1. The minimum Gasteiger partial charge on any atom is -0.493 e. The highest BCUT2D eigenvalue weighted by Crippen LogP contribution is 2.23. The van der Waals surface area contributed by atoms with Gasteiger partial charge in [0.1, 0.15) is 5.75 Å². The van der Waals surface area contributed by atoms with E-state index in [9.17, 15) is 4.79 Å². The summed E-state index contributed by atoms with van der Waals surface area (Å²) in [5.41, 5.74) is 0.464. The Kier molecular flexibility index (Phi) is 7.67. The lowest BCUT2D eigenvalue weighted by molar-refractivity contribution is 0.0972. The number of thiocarbonyl (C=S) groups is 1. The first kappa shape index (κ1) is 17.9. The van der Waals surface area contributed by atoms with E-state index in [-0.39, 0.29) is 11.9 Å². The summed E-state index contributed by atoms with van der Waals surface area (Å²) in [6.07, 6.45) is 1.81. The molecule has 2 N–H and O–H groups in total. The van der Waals surface area contributed by atoms with Crippen LogP contribution in [0.15, 0.2) is 22.7 Å². The monoisotopic (exact) mass is 372 g/mol. The number of hydrogen-bond acceptors (Lipinski definition) is 3. The molecular formula is C15H21BrN2O2S. The zero-order valence-electron chi connectivity index (χ0n) is 12.5. The minimum absolute atomic E-state index is 0.219. The molecule has 21 heavy (non-hydrogen) atoms. The summed E-state index contributed by atoms with van der Waals surface area (Å²) in [5.74, 6) is 0.284. The van der Waals surface area contributed by atoms with Crippen molar-refractivity contribution in [2.75, 3.05) is 6.61 Å². The topological polar surface area (TPSA) is 50.4 Å². The fraction of sp³-hybridized carbons (Fsp3) is 0.467. The normalized spacial score (nSPS) is 11.6. The van der Waals surface area contributed by atoms with Gasteiger partial charge in [-0.3, -0.25) is 10.1 Å². The SMILES string of the molecule is CCCOc1ccc(Br)cc1C(=O)NC(=S)NC(C)CC. The first-order valence-corrected chi connectivity index (χ1v) is 8.22. The molecule has 1 aromatic carbocycles. The third kappa shape index (κ3) is 6.01. The van der Waals surface area contributed by atoms with Gasteiger partial charge < -0.3 is 10.1 Å². The van der Waals surface area contributed by atoms with E-state index in [1.165, 1.54) is 0 Å². The van der Waals surface area contributed by atoms with Crippen LogP contribution in [0.4, 0.5) is 0 Å². The summed E-state index contributed by atoms with van der Waals surface area (Å²) in [6, 6.07) is 5.57. The van der Waals surface area contributed by atoms with Gasteiger partial charge in [-0.15, -0.1) is 0 Å². The van der Waals surface area contributed by atoms with Crippen molar-refractivity contribution in [3.05, 3.63) is 28.2 Å². The summed E-state index contributed by atoms with van der Waals surface area (Å²) in [4.78, 5) is 12.3. The zero-order chi connectivity index (χ0) is 15.8. The highest BCUT2D eigenvalue weighted by Gasteiger charge is 2.15. The van der Waals surface area contributed by atoms with E-state index in [1.807, 2.05) is 26.8 Å². The van der Waals surface area contributed by atoms with Crippen LogP contribution in [0.3, 0.4) is 0 Å². The molecule has 6 heteroatoms. The minimum atomic E-state index is -0.275. The van der Waals surface area contributed by atoms with Crippen molar-refractivity contribution >= 4 is 39.2 Å². The van der Waals surface area contributed by atoms with Crippen LogP contribution in [-0.2, 0) is 0 Å². The summed E-state index contributed by atoms with van der Waals surface area (Å²) in [6.45, 7) is 6.64. The van der Waals surface area contributed by atoms with Crippen molar-refractivity contribution in [3.8, 4) is 5.75 Å². The van der Waals surface area contributed by atoms with E-state index in [1.54, 1.807) is 12.1 Å². The lowest BCUT2D eigenvalue weighted by Crippen LogP contribution is -2.43. The second kappa shape index (κ2) is 9.00. The molecule has 4 nitrogen and oxygen atoms in total. The maximum Gasteiger partial charge on any atom is 0.261 e. The molecule has 0 radical (unpaired) electrons. The predicted molar refractivity (Wildman–Crippen MR) is 92.9 cm³/mol. The Morgan fingerprint density at radius 1 is 1.43 bits per heavy atom. The Morgan fingerprint density at radius 2 is 2.14 bits per heavy atom. The molecule has 0 saturated carbocycles. The number of nitrogens with one attached hydrogen (secondary N) is 2. The Balaban J connectivity index is 2.80. The van der Waals surface area contributed by atoms with Gasteiger partial charge in [0, 0.05) is 10.5 Å². The maximum absolute atomic E-state index is 12.3. The third-order valence-corrected chi connectivity index (χ3v) is 3.58. The highest BCUT2D eigenvalue weighted by atomic mass is 79.9. The molecule has 1 rings (SSSR count). The smallest absolute Gasteiger partial charge is 0.261 e. The largest absolute Gasteiger partial charge is 0.493 e. The maximum atomic E-state index is 12.3. The fourth-order valence-electron chi connectivity index (χ4n) is 1.55. The van der Waals surface area contributed by atoms with Gasteiger partial charge in [-0.05, 0) is 50.2 Å². The lowest BCUT2D eigenvalue weighted by Gasteiger charge is -2.16. The summed E-state index contributed by atoms with van der Waals surface area (Å²) in [7, 11) is 0. The molecule has 0 saturated heterocycles. The predicted octanol–water partition coefficient (Wildman–Crippen LogP) is 3.64. The fourth-order valence-corrected chi connectivity index (χ4v) is 2.20. The standard InChI is InChI=1S/C15H21BrN2O2S/c1-4-8-20-13-7-6-11(16)9-12(13)14(19)18-15(21)17-10(3)5-2/h6-7,9-10H,4-5,8H2,1-3H3,(H2,17,18,19,21). The van der Waals surface area contributed by atoms with Crippen molar-refractivity contribution < 1.29 is 9.53 Å². The Morgan fingerprint density at radius 3 is 2.76 bits per heavy atom. The van der Waals surface area contributed by atoms with Crippen LogP contribution >= 0.6 is 28.1 Å². The lowest BCUT2D eigenvalue weighted by atomic mass is 10.2. The zero-order valence-corrected chi connectivity index (χ0v) is 14.9. The van der Waals surface area contributed by atoms with Gasteiger partial charge in [-0.2, -0.15) is 0 Å². The summed E-state index contributed by atoms with van der Waals surface area (Å²) in [5, 5.41) is 6.07. The summed E-state index contributed by atoms with van der Waals surface area (Å²) >= 11 is 8.51. The van der Waals surface area contributed by atoms with E-state index < -0.39 is 0 Å². The molecule has 0 aliphatic rings. The molecule has 0 fully saturated rings. The Labute approximate surface area is 139 Å². The van der Waals surface area contributed by atoms with Crippen molar-refractivity contribution in [2.24, 2.45) is 0 Å². The molecule has 0 spiro atoms. The van der Waals surface area contributed by atoms with Crippen molar-refractivity contribution in [1.82, 2.24) is 10.6 Å². The van der Waals surface area contributed by atoms with Gasteiger partial charge in [0.05, 0.1) is 12.2 Å². The molecule has 0 bridgehead atoms. The first-order valence-electron chi connectivity index (χ1n) is 7.02. The van der Waals surface area contributed by atoms with Gasteiger partial charge in [-0.1, -0.05) is 29.8 Å². The number of benzene rings is 1. The molecule has 0 aliphatic heterocycles. The molecule has 116 valence electrons. The van der Waals surface area contributed by atoms with Crippen LogP contribution in [0, 0.1) is 0 Å². The number of ether oxygens (including phenoxy) is 1. The Bertz CT molecular complexity index is 508.